The molecule has 0 aromatic heterocycles. The highest BCUT2D eigenvalue weighted by Crippen LogP contribution is 2.34. The summed E-state index contributed by atoms with van der Waals surface area (Å²) in [5.41, 5.74) is 1.06. The van der Waals surface area contributed by atoms with E-state index in [-0.39, 0.29) is 0 Å². The average Bonchev–Trinajstić information content (AvgIpc) is 2.28. The van der Waals surface area contributed by atoms with Crippen LogP contribution < -0.4 is 0 Å². The fourth-order valence-electron chi connectivity index (χ4n) is 1.43. The lowest BCUT2D eigenvalue weighted by Crippen LogP contribution is -2.09. The van der Waals surface area contributed by atoms with Gasteiger partial charge in [0.05, 0.1) is 4.91 Å². The molecule has 0 amide bonds. The molecule has 1 aromatic carbocycles. The molecule has 4 heteroatoms. The van der Waals surface area contributed by atoms with Gasteiger partial charge in [-0.1, -0.05) is 43.3 Å². The van der Waals surface area contributed by atoms with Crippen LogP contribution in [0.25, 0.3) is 0 Å². The van der Waals surface area contributed by atoms with Gasteiger partial charge in [-0.3, -0.25) is 0 Å². The molecule has 94 valence electrons. The Morgan fingerprint density at radius 2 is 1.88 bits per heavy atom. The lowest BCUT2D eigenvalue weighted by molar-refractivity contribution is -0.0838. The summed E-state index contributed by atoms with van der Waals surface area (Å²) in [4.78, 5) is -0.476. The monoisotopic (exact) mass is 260 g/mol. The number of thioether (sulfide) groups is 1. The van der Waals surface area contributed by atoms with E-state index in [1.54, 1.807) is 6.92 Å². The summed E-state index contributed by atoms with van der Waals surface area (Å²) >= 11 is 0.855. The molecule has 0 aliphatic heterocycles. The number of hydrogen-bond acceptors (Lipinski definition) is 1. The van der Waals surface area contributed by atoms with Gasteiger partial charge in [-0.15, -0.1) is 11.8 Å². The number of allylic oxidation sites excluding steroid dienone is 2. The second kappa shape index (κ2) is 6.74. The zero-order valence-electron chi connectivity index (χ0n) is 9.63. The number of alkyl halides is 3. The van der Waals surface area contributed by atoms with E-state index in [1.807, 2.05) is 30.3 Å². The Morgan fingerprint density at radius 3 is 2.41 bits per heavy atom. The fourth-order valence-corrected chi connectivity index (χ4v) is 2.14. The summed E-state index contributed by atoms with van der Waals surface area (Å²) in [5, 5.41) is 0. The molecule has 0 spiro atoms. The van der Waals surface area contributed by atoms with Crippen LogP contribution in [-0.2, 0) is 6.42 Å². The maximum Gasteiger partial charge on any atom is 0.421 e. The summed E-state index contributed by atoms with van der Waals surface area (Å²) in [6, 6.07) is 9.53. The Labute approximate surface area is 104 Å². The largest absolute Gasteiger partial charge is 0.421 e. The molecule has 0 bridgehead atoms. The second-order valence-corrected chi connectivity index (χ2v) is 4.83. The van der Waals surface area contributed by atoms with Gasteiger partial charge in [-0.2, -0.15) is 13.2 Å². The molecule has 0 saturated heterocycles. The molecule has 0 aliphatic carbocycles. The first-order valence-electron chi connectivity index (χ1n) is 5.48. The molecule has 0 fully saturated rings. The molecule has 1 rings (SSSR count). The van der Waals surface area contributed by atoms with Crippen LogP contribution in [0.2, 0.25) is 0 Å². The Hall–Kier alpha value is -0.900. The molecule has 0 atom stereocenters. The van der Waals surface area contributed by atoms with Gasteiger partial charge in [0.2, 0.25) is 0 Å². The van der Waals surface area contributed by atoms with Crippen LogP contribution in [0.5, 0.6) is 0 Å². The summed E-state index contributed by atoms with van der Waals surface area (Å²) < 4.78 is 37.6. The van der Waals surface area contributed by atoms with Crippen LogP contribution in [0.4, 0.5) is 13.2 Å². The first-order chi connectivity index (χ1) is 8.04. The zero-order valence-corrected chi connectivity index (χ0v) is 10.4. The summed E-state index contributed by atoms with van der Waals surface area (Å²) in [7, 11) is 0. The van der Waals surface area contributed by atoms with Gasteiger partial charge in [-0.05, 0) is 24.2 Å². The van der Waals surface area contributed by atoms with Crippen LogP contribution in [0.1, 0.15) is 18.9 Å². The molecule has 0 N–H and O–H groups in total. The van der Waals surface area contributed by atoms with Gasteiger partial charge >= 0.3 is 6.18 Å². The number of hydrogen-bond donors (Lipinski definition) is 0. The highest BCUT2D eigenvalue weighted by atomic mass is 32.2. The Balaban J connectivity index is 2.56. The quantitative estimate of drug-likeness (QED) is 0.731. The minimum absolute atomic E-state index is 0.422. The van der Waals surface area contributed by atoms with Crippen molar-refractivity contribution < 1.29 is 13.2 Å². The zero-order chi connectivity index (χ0) is 12.7. The Morgan fingerprint density at radius 1 is 1.24 bits per heavy atom. The van der Waals surface area contributed by atoms with Crippen molar-refractivity contribution in [3.8, 4) is 0 Å². The Kier molecular flexibility index (Phi) is 5.62. The normalized spacial score (nSPS) is 12.8. The van der Waals surface area contributed by atoms with E-state index in [2.05, 4.69) is 0 Å². The van der Waals surface area contributed by atoms with Crippen molar-refractivity contribution in [1.29, 1.82) is 0 Å². The van der Waals surface area contributed by atoms with Crippen molar-refractivity contribution in [2.45, 2.75) is 25.9 Å². The van der Waals surface area contributed by atoms with E-state index in [4.69, 9.17) is 0 Å². The minimum atomic E-state index is -4.21. The summed E-state index contributed by atoms with van der Waals surface area (Å²) in [6.45, 7) is 1.72. The molecule has 17 heavy (non-hydrogen) atoms. The van der Waals surface area contributed by atoms with Gasteiger partial charge < -0.3 is 0 Å². The van der Waals surface area contributed by atoms with Crippen molar-refractivity contribution in [2.24, 2.45) is 0 Å². The number of aryl methyl sites for hydroxylation is 1. The number of halogens is 3. The third-order valence-electron chi connectivity index (χ3n) is 2.18. The standard InChI is InChI=1S/C13H15F3S/c1-2-17-12(13(14,15)16)10-6-9-11-7-4-3-5-8-11/h3-5,7-8,10H,2,6,9H2,1H3/b12-10-. The summed E-state index contributed by atoms with van der Waals surface area (Å²) in [5.74, 6) is 0.441. The van der Waals surface area contributed by atoms with E-state index in [9.17, 15) is 13.2 Å². The predicted molar refractivity (Wildman–Crippen MR) is 67.0 cm³/mol. The first-order valence-corrected chi connectivity index (χ1v) is 6.46. The molecule has 0 unspecified atom stereocenters. The topological polar surface area (TPSA) is 0 Å². The van der Waals surface area contributed by atoms with Crippen LogP contribution in [0, 0.1) is 0 Å². The van der Waals surface area contributed by atoms with Crippen LogP contribution in [0.15, 0.2) is 41.3 Å². The van der Waals surface area contributed by atoms with Gasteiger partial charge in [0.1, 0.15) is 0 Å². The van der Waals surface area contributed by atoms with E-state index in [1.165, 1.54) is 6.08 Å². The van der Waals surface area contributed by atoms with Crippen molar-refractivity contribution >= 4 is 11.8 Å². The molecule has 0 heterocycles. The van der Waals surface area contributed by atoms with Crippen molar-refractivity contribution in [3.05, 3.63) is 46.9 Å². The molecule has 0 nitrogen and oxygen atoms in total. The molecular formula is C13H15F3S. The van der Waals surface area contributed by atoms with Crippen LogP contribution in [-0.4, -0.2) is 11.9 Å². The molecule has 0 aliphatic rings. The summed E-state index contributed by atoms with van der Waals surface area (Å²) in [6.07, 6.45) is -1.85. The lowest BCUT2D eigenvalue weighted by Gasteiger charge is -2.10. The molecule has 0 saturated carbocycles. The smallest absolute Gasteiger partial charge is 0.166 e. The number of benzene rings is 1. The highest BCUT2D eigenvalue weighted by molar-refractivity contribution is 8.03. The maximum atomic E-state index is 12.5. The first kappa shape index (κ1) is 14.2. The fraction of sp³-hybridized carbons (Fsp3) is 0.385. The Bertz CT molecular complexity index is 355. The predicted octanol–water partition coefficient (Wildman–Crippen LogP) is 4.82. The second-order valence-electron chi connectivity index (χ2n) is 3.52. The van der Waals surface area contributed by atoms with Gasteiger partial charge in [0, 0.05) is 0 Å². The maximum absolute atomic E-state index is 12.5. The van der Waals surface area contributed by atoms with Crippen molar-refractivity contribution in [2.75, 3.05) is 5.75 Å². The lowest BCUT2D eigenvalue weighted by atomic mass is 10.1. The van der Waals surface area contributed by atoms with Crippen molar-refractivity contribution in [1.82, 2.24) is 0 Å². The molecular weight excluding hydrogens is 245 g/mol. The van der Waals surface area contributed by atoms with E-state index < -0.39 is 11.1 Å². The number of rotatable bonds is 5. The van der Waals surface area contributed by atoms with Crippen molar-refractivity contribution in [3.63, 3.8) is 0 Å². The SMILES string of the molecule is CCS/C(=C\CCc1ccccc1)C(F)(F)F. The minimum Gasteiger partial charge on any atom is -0.166 e. The van der Waals surface area contributed by atoms with E-state index >= 15 is 0 Å². The van der Waals surface area contributed by atoms with Gasteiger partial charge in [-0.25, -0.2) is 0 Å². The third kappa shape index (κ3) is 5.31. The van der Waals surface area contributed by atoms with Gasteiger partial charge in [0.15, 0.2) is 0 Å². The van der Waals surface area contributed by atoms with E-state index in [0.29, 0.717) is 18.6 Å². The van der Waals surface area contributed by atoms with Crippen LogP contribution >= 0.6 is 11.8 Å². The highest BCUT2D eigenvalue weighted by Gasteiger charge is 2.33. The molecule has 0 radical (unpaired) electrons. The average molecular weight is 260 g/mol. The molecule has 1 aromatic rings. The van der Waals surface area contributed by atoms with Crippen LogP contribution in [0.3, 0.4) is 0 Å². The van der Waals surface area contributed by atoms with E-state index in [0.717, 1.165) is 17.3 Å². The third-order valence-corrected chi connectivity index (χ3v) is 3.18. The van der Waals surface area contributed by atoms with Gasteiger partial charge in [0.25, 0.3) is 0 Å².